The molecule has 1 fully saturated rings. The fourth-order valence-electron chi connectivity index (χ4n) is 2.99. The molecule has 146 valence electrons. The van der Waals surface area contributed by atoms with Gasteiger partial charge in [-0.05, 0) is 35.7 Å². The zero-order valence-corrected chi connectivity index (χ0v) is 16.4. The van der Waals surface area contributed by atoms with Crippen LogP contribution in [0.4, 0.5) is 4.79 Å². The Morgan fingerprint density at radius 2 is 1.78 bits per heavy atom. The van der Waals surface area contributed by atoms with Gasteiger partial charge in [-0.15, -0.1) is 0 Å². The Labute approximate surface area is 160 Å². The van der Waals surface area contributed by atoms with Gasteiger partial charge in [0.2, 0.25) is 10.0 Å². The normalized spacial score (nSPS) is 15.9. The third-order valence-electron chi connectivity index (χ3n) is 4.70. The van der Waals surface area contributed by atoms with Crippen LogP contribution in [0.25, 0.3) is 0 Å². The molecule has 1 N–H and O–H groups in total. The molecule has 0 spiro atoms. The monoisotopic (exact) mass is 391 g/mol. The minimum atomic E-state index is -3.54. The van der Waals surface area contributed by atoms with Gasteiger partial charge in [0.25, 0.3) is 0 Å². The van der Waals surface area contributed by atoms with Crippen molar-refractivity contribution in [2.24, 2.45) is 0 Å². The van der Waals surface area contributed by atoms with Gasteiger partial charge >= 0.3 is 6.03 Å². The quantitative estimate of drug-likeness (QED) is 0.849. The predicted octanol–water partition coefficient (Wildman–Crippen LogP) is 2.62. The Hall–Kier alpha value is -2.32. The number of hydrogen-bond acceptors (Lipinski definition) is 4. The van der Waals surface area contributed by atoms with E-state index in [1.54, 1.807) is 35.4 Å². The van der Waals surface area contributed by atoms with E-state index < -0.39 is 10.0 Å². The number of nitrogens with one attached hydrogen (secondary N) is 1. The molecule has 2 heterocycles. The summed E-state index contributed by atoms with van der Waals surface area (Å²) < 4.78 is 32.3. The maximum Gasteiger partial charge on any atom is 0.317 e. The first-order valence-corrected chi connectivity index (χ1v) is 10.5. The van der Waals surface area contributed by atoms with Crippen LogP contribution < -0.4 is 5.32 Å². The van der Waals surface area contributed by atoms with Gasteiger partial charge in [0.05, 0.1) is 17.7 Å². The summed E-state index contributed by atoms with van der Waals surface area (Å²) in [6, 6.07) is 10.4. The summed E-state index contributed by atoms with van der Waals surface area (Å²) in [5.74, 6) is 1.03. The number of carbonyl (C=O) groups excluding carboxylic acids is 1. The Morgan fingerprint density at radius 1 is 1.11 bits per heavy atom. The molecule has 0 aliphatic carbocycles. The largest absolute Gasteiger partial charge is 0.467 e. The maximum absolute atomic E-state index is 12.8. The van der Waals surface area contributed by atoms with Gasteiger partial charge < -0.3 is 14.6 Å². The third kappa shape index (κ3) is 4.51. The number of carbonyl (C=O) groups is 1. The van der Waals surface area contributed by atoms with E-state index in [1.165, 1.54) is 4.31 Å². The highest BCUT2D eigenvalue weighted by atomic mass is 32.2. The van der Waals surface area contributed by atoms with Crippen molar-refractivity contribution in [3.05, 3.63) is 54.0 Å². The molecule has 27 heavy (non-hydrogen) atoms. The SMILES string of the molecule is CC(C)c1ccc(S(=O)(=O)N2CCN(C(=O)NCc3ccco3)CC2)cc1. The van der Waals surface area contributed by atoms with Gasteiger partial charge in [0.1, 0.15) is 5.76 Å². The number of nitrogens with zero attached hydrogens (tertiary/aromatic N) is 2. The highest BCUT2D eigenvalue weighted by Crippen LogP contribution is 2.21. The van der Waals surface area contributed by atoms with Gasteiger partial charge in [0, 0.05) is 26.2 Å². The van der Waals surface area contributed by atoms with Crippen LogP contribution in [0.2, 0.25) is 0 Å². The Bertz CT molecular complexity index is 853. The molecule has 1 aromatic heterocycles. The molecule has 0 radical (unpaired) electrons. The van der Waals surface area contributed by atoms with Crippen molar-refractivity contribution in [1.82, 2.24) is 14.5 Å². The molecule has 8 heteroatoms. The lowest BCUT2D eigenvalue weighted by Crippen LogP contribution is -2.52. The molecule has 2 amide bonds. The molecule has 1 aliphatic heterocycles. The first kappa shape index (κ1) is 19.4. The molecule has 1 aromatic carbocycles. The third-order valence-corrected chi connectivity index (χ3v) is 6.62. The van der Waals surface area contributed by atoms with E-state index in [1.807, 2.05) is 12.1 Å². The van der Waals surface area contributed by atoms with E-state index >= 15 is 0 Å². The number of rotatable bonds is 5. The predicted molar refractivity (Wildman–Crippen MR) is 102 cm³/mol. The average molecular weight is 391 g/mol. The molecule has 0 saturated carbocycles. The Kier molecular flexibility index (Phi) is 5.86. The van der Waals surface area contributed by atoms with E-state index in [9.17, 15) is 13.2 Å². The molecular formula is C19H25N3O4S. The minimum Gasteiger partial charge on any atom is -0.467 e. The summed E-state index contributed by atoms with van der Waals surface area (Å²) in [5, 5.41) is 2.78. The number of hydrogen-bond donors (Lipinski definition) is 1. The molecule has 1 aliphatic rings. The number of furan rings is 1. The number of amides is 2. The van der Waals surface area contributed by atoms with Crippen molar-refractivity contribution >= 4 is 16.1 Å². The van der Waals surface area contributed by atoms with Crippen LogP contribution >= 0.6 is 0 Å². The summed E-state index contributed by atoms with van der Waals surface area (Å²) in [6.07, 6.45) is 1.55. The lowest BCUT2D eigenvalue weighted by molar-refractivity contribution is 0.171. The second-order valence-corrected chi connectivity index (χ2v) is 8.79. The van der Waals surface area contributed by atoms with Gasteiger partial charge in [-0.2, -0.15) is 4.31 Å². The second kappa shape index (κ2) is 8.14. The highest BCUT2D eigenvalue weighted by molar-refractivity contribution is 7.89. The number of urea groups is 1. The van der Waals surface area contributed by atoms with Crippen LogP contribution in [0.15, 0.2) is 52.0 Å². The molecule has 0 bridgehead atoms. The summed E-state index contributed by atoms with van der Waals surface area (Å²) in [6.45, 7) is 5.72. The summed E-state index contributed by atoms with van der Waals surface area (Å²) >= 11 is 0. The van der Waals surface area contributed by atoms with E-state index in [4.69, 9.17) is 4.42 Å². The van der Waals surface area contributed by atoms with Gasteiger partial charge in [-0.3, -0.25) is 0 Å². The van der Waals surface area contributed by atoms with Crippen LogP contribution in [0.5, 0.6) is 0 Å². The van der Waals surface area contributed by atoms with Gasteiger partial charge in [-0.1, -0.05) is 26.0 Å². The Morgan fingerprint density at radius 3 is 2.33 bits per heavy atom. The van der Waals surface area contributed by atoms with Crippen molar-refractivity contribution in [1.29, 1.82) is 0 Å². The van der Waals surface area contributed by atoms with E-state index in [0.717, 1.165) is 5.56 Å². The van der Waals surface area contributed by atoms with Crippen molar-refractivity contribution in [2.75, 3.05) is 26.2 Å². The minimum absolute atomic E-state index is 0.218. The van der Waals surface area contributed by atoms with Crippen LogP contribution in [0.1, 0.15) is 31.1 Å². The number of sulfonamides is 1. The molecule has 3 rings (SSSR count). The van der Waals surface area contributed by atoms with E-state index in [0.29, 0.717) is 36.2 Å². The fourth-order valence-corrected chi connectivity index (χ4v) is 4.42. The van der Waals surface area contributed by atoms with Crippen LogP contribution in [0, 0.1) is 0 Å². The smallest absolute Gasteiger partial charge is 0.317 e. The molecule has 7 nitrogen and oxygen atoms in total. The molecule has 0 atom stereocenters. The standard InChI is InChI=1S/C19H25N3O4S/c1-15(2)16-5-7-18(8-6-16)27(24,25)22-11-9-21(10-12-22)19(23)20-14-17-4-3-13-26-17/h3-8,13,15H,9-12,14H2,1-2H3,(H,20,23). The fraction of sp³-hybridized carbons (Fsp3) is 0.421. The van der Waals surface area contributed by atoms with Crippen LogP contribution in [-0.2, 0) is 16.6 Å². The molecule has 1 saturated heterocycles. The molecule has 2 aromatic rings. The highest BCUT2D eigenvalue weighted by Gasteiger charge is 2.30. The molecular weight excluding hydrogens is 366 g/mol. The van der Waals surface area contributed by atoms with Crippen molar-refractivity contribution in [3.8, 4) is 0 Å². The Balaban J connectivity index is 1.56. The van der Waals surface area contributed by atoms with Crippen LogP contribution in [-0.4, -0.2) is 49.8 Å². The zero-order valence-electron chi connectivity index (χ0n) is 15.6. The summed E-state index contributed by atoms with van der Waals surface area (Å²) in [7, 11) is -3.54. The van der Waals surface area contributed by atoms with E-state index in [2.05, 4.69) is 19.2 Å². The molecule has 0 unspecified atom stereocenters. The average Bonchev–Trinajstić information content (AvgIpc) is 3.20. The van der Waals surface area contributed by atoms with Gasteiger partial charge in [-0.25, -0.2) is 13.2 Å². The zero-order chi connectivity index (χ0) is 19.4. The van der Waals surface area contributed by atoms with E-state index in [-0.39, 0.29) is 19.1 Å². The van der Waals surface area contributed by atoms with Crippen molar-refractivity contribution < 1.29 is 17.6 Å². The summed E-state index contributed by atoms with van der Waals surface area (Å²) in [4.78, 5) is 14.1. The number of benzene rings is 1. The van der Waals surface area contributed by atoms with Crippen molar-refractivity contribution in [3.63, 3.8) is 0 Å². The first-order valence-electron chi connectivity index (χ1n) is 9.03. The summed E-state index contributed by atoms with van der Waals surface area (Å²) in [5.41, 5.74) is 1.10. The second-order valence-electron chi connectivity index (χ2n) is 6.85. The first-order chi connectivity index (χ1) is 12.9. The number of piperazine rings is 1. The lowest BCUT2D eigenvalue weighted by Gasteiger charge is -2.34. The van der Waals surface area contributed by atoms with Crippen LogP contribution in [0.3, 0.4) is 0 Å². The van der Waals surface area contributed by atoms with Gasteiger partial charge in [0.15, 0.2) is 0 Å². The maximum atomic E-state index is 12.8. The van der Waals surface area contributed by atoms with Crippen molar-refractivity contribution in [2.45, 2.75) is 31.2 Å². The topological polar surface area (TPSA) is 82.9 Å². The lowest BCUT2D eigenvalue weighted by atomic mass is 10.0.